The van der Waals surface area contributed by atoms with Crippen molar-refractivity contribution in [1.29, 1.82) is 0 Å². The Hall–Kier alpha value is -2.99. The van der Waals surface area contributed by atoms with Crippen LogP contribution in [0.5, 0.6) is 0 Å². The number of ether oxygens (including phenoxy) is 1. The Morgan fingerprint density at radius 1 is 1.11 bits per heavy atom. The number of rotatable bonds is 6. The van der Waals surface area contributed by atoms with Crippen LogP contribution in [0.4, 0.5) is 0 Å². The van der Waals surface area contributed by atoms with Gasteiger partial charge in [-0.3, -0.25) is 4.79 Å². The summed E-state index contributed by atoms with van der Waals surface area (Å²) in [6.07, 6.45) is 4.05. The lowest BCUT2D eigenvalue weighted by atomic mass is 10.1. The maximum absolute atomic E-state index is 12.0. The average Bonchev–Trinajstić information content (AvgIpc) is 3.12. The molecule has 0 N–H and O–H groups in total. The molecule has 0 saturated heterocycles. The predicted octanol–water partition coefficient (Wildman–Crippen LogP) is 4.84. The second-order valence-electron chi connectivity index (χ2n) is 6.24. The number of carbonyl (C=O) groups excluding carboxylic acids is 2. The smallest absolute Gasteiger partial charge is 0.331 e. The van der Waals surface area contributed by atoms with Gasteiger partial charge in [0.05, 0.1) is 11.4 Å². The molecule has 142 valence electrons. The lowest BCUT2D eigenvalue weighted by Crippen LogP contribution is -2.20. The third-order valence-electron chi connectivity index (χ3n) is 4.15. The van der Waals surface area contributed by atoms with Gasteiger partial charge in [0.1, 0.15) is 0 Å². The first-order valence-corrected chi connectivity index (χ1v) is 9.53. The molecular weight excluding hydrogens is 420 g/mol. The van der Waals surface area contributed by atoms with Gasteiger partial charge in [0.25, 0.3) is 0 Å². The van der Waals surface area contributed by atoms with E-state index < -0.39 is 12.1 Å². The van der Waals surface area contributed by atoms with Gasteiger partial charge < -0.3 is 4.74 Å². The van der Waals surface area contributed by atoms with Crippen molar-refractivity contribution in [2.24, 2.45) is 0 Å². The molecule has 2 aromatic carbocycles. The molecule has 0 aliphatic heterocycles. The zero-order valence-electron chi connectivity index (χ0n) is 15.5. The number of para-hydroxylation sites is 1. The number of aromatic nitrogens is 2. The SMILES string of the molecule is CC(=O)C(C)OC(=O)/C=C/c1cn(-c2ccccc2)nc1-c1ccc(Br)cc1. The first-order chi connectivity index (χ1) is 13.4. The largest absolute Gasteiger partial charge is 0.452 e. The third-order valence-corrected chi connectivity index (χ3v) is 4.67. The maximum atomic E-state index is 12.0. The maximum Gasteiger partial charge on any atom is 0.331 e. The second-order valence-corrected chi connectivity index (χ2v) is 7.16. The Morgan fingerprint density at radius 2 is 1.79 bits per heavy atom. The normalized spacial score (nSPS) is 12.1. The molecule has 28 heavy (non-hydrogen) atoms. The lowest BCUT2D eigenvalue weighted by molar-refractivity contribution is -0.148. The van der Waals surface area contributed by atoms with E-state index in [0.29, 0.717) is 0 Å². The van der Waals surface area contributed by atoms with Crippen molar-refractivity contribution in [2.75, 3.05) is 0 Å². The topological polar surface area (TPSA) is 61.2 Å². The second kappa shape index (κ2) is 8.80. The number of nitrogens with zero attached hydrogens (tertiary/aromatic N) is 2. The van der Waals surface area contributed by atoms with Gasteiger partial charge in [-0.05, 0) is 44.2 Å². The standard InChI is InChI=1S/C22H19BrN2O3/c1-15(26)16(2)28-21(27)13-10-18-14-25(20-6-4-3-5-7-20)24-22(18)17-8-11-19(23)12-9-17/h3-14,16H,1-2H3/b13-10+. The van der Waals surface area contributed by atoms with Crippen molar-refractivity contribution >= 4 is 33.8 Å². The zero-order chi connectivity index (χ0) is 20.1. The number of benzene rings is 2. The first kappa shape index (κ1) is 19.8. The van der Waals surface area contributed by atoms with Crippen LogP contribution in [0.2, 0.25) is 0 Å². The lowest BCUT2D eigenvalue weighted by Gasteiger charge is -2.06. The van der Waals surface area contributed by atoms with Gasteiger partial charge in [-0.1, -0.05) is 46.3 Å². The van der Waals surface area contributed by atoms with Gasteiger partial charge in [0, 0.05) is 27.9 Å². The highest BCUT2D eigenvalue weighted by Gasteiger charge is 2.13. The number of carbonyl (C=O) groups is 2. The molecule has 3 aromatic rings. The quantitative estimate of drug-likeness (QED) is 0.408. The van der Waals surface area contributed by atoms with Gasteiger partial charge in [0.2, 0.25) is 0 Å². The van der Waals surface area contributed by atoms with Crippen molar-refractivity contribution in [3.8, 4) is 16.9 Å². The Bertz CT molecular complexity index is 1010. The van der Waals surface area contributed by atoms with Crippen molar-refractivity contribution in [3.05, 3.63) is 76.9 Å². The van der Waals surface area contributed by atoms with Crippen LogP contribution in [-0.2, 0) is 14.3 Å². The minimum Gasteiger partial charge on any atom is -0.452 e. The molecule has 0 bridgehead atoms. The van der Waals surface area contributed by atoms with E-state index in [2.05, 4.69) is 15.9 Å². The van der Waals surface area contributed by atoms with Gasteiger partial charge in [-0.25, -0.2) is 9.48 Å². The number of esters is 1. The van der Waals surface area contributed by atoms with E-state index in [-0.39, 0.29) is 5.78 Å². The monoisotopic (exact) mass is 438 g/mol. The van der Waals surface area contributed by atoms with Crippen LogP contribution in [0.25, 0.3) is 23.0 Å². The summed E-state index contributed by atoms with van der Waals surface area (Å²) in [5.41, 5.74) is 3.33. The molecule has 1 atom stereocenters. The molecule has 1 aromatic heterocycles. The Labute approximate surface area is 171 Å². The van der Waals surface area contributed by atoms with E-state index >= 15 is 0 Å². The molecule has 6 heteroatoms. The van der Waals surface area contributed by atoms with Crippen molar-refractivity contribution in [1.82, 2.24) is 9.78 Å². The molecule has 5 nitrogen and oxygen atoms in total. The fraction of sp³-hybridized carbons (Fsp3) is 0.136. The highest BCUT2D eigenvalue weighted by atomic mass is 79.9. The van der Waals surface area contributed by atoms with Crippen LogP contribution in [0.15, 0.2) is 71.3 Å². The van der Waals surface area contributed by atoms with E-state index in [1.54, 1.807) is 17.7 Å². The fourth-order valence-electron chi connectivity index (χ4n) is 2.51. The van der Waals surface area contributed by atoms with E-state index in [4.69, 9.17) is 9.84 Å². The number of halogens is 1. The third kappa shape index (κ3) is 4.84. The molecule has 0 radical (unpaired) electrons. The number of Topliss-reactive ketones (excluding diaryl/α,β-unsaturated/α-hetero) is 1. The predicted molar refractivity (Wildman–Crippen MR) is 112 cm³/mol. The minimum absolute atomic E-state index is 0.200. The summed E-state index contributed by atoms with van der Waals surface area (Å²) < 4.78 is 7.81. The van der Waals surface area contributed by atoms with Crippen LogP contribution >= 0.6 is 15.9 Å². The Morgan fingerprint density at radius 3 is 2.43 bits per heavy atom. The summed E-state index contributed by atoms with van der Waals surface area (Å²) in [5.74, 6) is -0.772. The summed E-state index contributed by atoms with van der Waals surface area (Å²) in [4.78, 5) is 23.3. The summed E-state index contributed by atoms with van der Waals surface area (Å²) in [5, 5.41) is 4.69. The molecule has 1 heterocycles. The molecule has 0 saturated carbocycles. The van der Waals surface area contributed by atoms with Crippen molar-refractivity contribution in [2.45, 2.75) is 20.0 Å². The molecule has 0 aliphatic rings. The van der Waals surface area contributed by atoms with E-state index in [0.717, 1.165) is 27.0 Å². The molecule has 0 spiro atoms. The summed E-state index contributed by atoms with van der Waals surface area (Å²) in [6, 6.07) is 17.5. The number of hydrogen-bond acceptors (Lipinski definition) is 4. The summed E-state index contributed by atoms with van der Waals surface area (Å²) in [7, 11) is 0. The molecule has 0 fully saturated rings. The van der Waals surface area contributed by atoms with Gasteiger partial charge in [0.15, 0.2) is 11.9 Å². The average molecular weight is 439 g/mol. The van der Waals surface area contributed by atoms with Crippen LogP contribution < -0.4 is 0 Å². The molecule has 1 unspecified atom stereocenters. The molecule has 3 rings (SSSR count). The molecular formula is C22H19BrN2O3. The van der Waals surface area contributed by atoms with Crippen LogP contribution in [0.1, 0.15) is 19.4 Å². The van der Waals surface area contributed by atoms with Crippen molar-refractivity contribution in [3.63, 3.8) is 0 Å². The van der Waals surface area contributed by atoms with Crippen LogP contribution in [-0.4, -0.2) is 27.6 Å². The van der Waals surface area contributed by atoms with E-state index in [1.807, 2.05) is 60.8 Å². The Kier molecular flexibility index (Phi) is 6.21. The summed E-state index contributed by atoms with van der Waals surface area (Å²) in [6.45, 7) is 2.94. The van der Waals surface area contributed by atoms with Crippen LogP contribution in [0.3, 0.4) is 0 Å². The van der Waals surface area contributed by atoms with E-state index in [1.165, 1.54) is 13.0 Å². The molecule has 0 aliphatic carbocycles. The zero-order valence-corrected chi connectivity index (χ0v) is 17.1. The van der Waals surface area contributed by atoms with E-state index in [9.17, 15) is 9.59 Å². The van der Waals surface area contributed by atoms with Gasteiger partial charge in [-0.15, -0.1) is 0 Å². The van der Waals surface area contributed by atoms with Crippen LogP contribution in [0, 0.1) is 0 Å². The fourth-order valence-corrected chi connectivity index (χ4v) is 2.77. The first-order valence-electron chi connectivity index (χ1n) is 8.74. The highest BCUT2D eigenvalue weighted by Crippen LogP contribution is 2.26. The number of ketones is 1. The van der Waals surface area contributed by atoms with Crippen molar-refractivity contribution < 1.29 is 14.3 Å². The van der Waals surface area contributed by atoms with Gasteiger partial charge >= 0.3 is 5.97 Å². The summed E-state index contributed by atoms with van der Waals surface area (Å²) >= 11 is 3.43. The highest BCUT2D eigenvalue weighted by molar-refractivity contribution is 9.10. The minimum atomic E-state index is -0.768. The number of hydrogen-bond donors (Lipinski definition) is 0. The molecule has 0 amide bonds. The Balaban J connectivity index is 1.95. The van der Waals surface area contributed by atoms with Gasteiger partial charge in [-0.2, -0.15) is 5.10 Å².